The molecule has 3 aromatic rings. The molecule has 1 atom stereocenters. The number of hydrogen-bond acceptors (Lipinski definition) is 4. The summed E-state index contributed by atoms with van der Waals surface area (Å²) < 4.78 is 42.9. The standard InChI is InChI=1S/C17H13F3N2O2/c18-17(19,20)14-6-4-11(5-7-14)12-2-1-3-13(8-12)15(23)9-16-22-21-10-24-16/h1-8,10,15,23H,9H2. The fraction of sp³-hybridized carbons (Fsp3) is 0.176. The van der Waals surface area contributed by atoms with Crippen LogP contribution in [0, 0.1) is 0 Å². The summed E-state index contributed by atoms with van der Waals surface area (Å²) in [4.78, 5) is 0. The summed E-state index contributed by atoms with van der Waals surface area (Å²) in [5.74, 6) is 0.308. The zero-order valence-electron chi connectivity index (χ0n) is 12.4. The van der Waals surface area contributed by atoms with Crippen molar-refractivity contribution in [3.05, 3.63) is 71.9 Å². The Labute approximate surface area is 135 Å². The number of rotatable bonds is 4. The molecule has 0 spiro atoms. The van der Waals surface area contributed by atoms with Gasteiger partial charge in [-0.05, 0) is 34.9 Å². The van der Waals surface area contributed by atoms with Crippen LogP contribution in [0.15, 0.2) is 59.3 Å². The third kappa shape index (κ3) is 3.62. The number of alkyl halides is 3. The van der Waals surface area contributed by atoms with E-state index in [1.165, 1.54) is 18.5 Å². The minimum atomic E-state index is -4.36. The molecule has 24 heavy (non-hydrogen) atoms. The largest absolute Gasteiger partial charge is 0.428 e. The van der Waals surface area contributed by atoms with Crippen molar-refractivity contribution < 1.29 is 22.7 Å². The molecule has 1 unspecified atom stereocenters. The topological polar surface area (TPSA) is 59.2 Å². The van der Waals surface area contributed by atoms with Gasteiger partial charge in [-0.3, -0.25) is 0 Å². The first kappa shape index (κ1) is 16.2. The van der Waals surface area contributed by atoms with Crippen LogP contribution in [0.3, 0.4) is 0 Å². The lowest BCUT2D eigenvalue weighted by molar-refractivity contribution is -0.137. The Morgan fingerprint density at radius 2 is 1.79 bits per heavy atom. The summed E-state index contributed by atoms with van der Waals surface area (Å²) in [6.07, 6.45) is -3.86. The Kier molecular flexibility index (Phi) is 4.35. The van der Waals surface area contributed by atoms with Crippen molar-refractivity contribution in [2.45, 2.75) is 18.7 Å². The van der Waals surface area contributed by atoms with E-state index in [1.54, 1.807) is 24.3 Å². The van der Waals surface area contributed by atoms with Gasteiger partial charge in [0.05, 0.1) is 18.1 Å². The number of aliphatic hydroxyl groups excluding tert-OH is 1. The maximum absolute atomic E-state index is 12.6. The van der Waals surface area contributed by atoms with E-state index < -0.39 is 17.8 Å². The van der Waals surface area contributed by atoms with Crippen molar-refractivity contribution in [3.63, 3.8) is 0 Å². The highest BCUT2D eigenvalue weighted by molar-refractivity contribution is 5.64. The molecule has 0 radical (unpaired) electrons. The van der Waals surface area contributed by atoms with Crippen molar-refractivity contribution >= 4 is 0 Å². The molecular weight excluding hydrogens is 321 g/mol. The zero-order valence-corrected chi connectivity index (χ0v) is 12.4. The molecule has 2 aromatic carbocycles. The van der Waals surface area contributed by atoms with Crippen molar-refractivity contribution in [2.75, 3.05) is 0 Å². The van der Waals surface area contributed by atoms with Crippen LogP contribution in [0.5, 0.6) is 0 Å². The Balaban J connectivity index is 1.82. The fourth-order valence-corrected chi connectivity index (χ4v) is 2.35. The smallest absolute Gasteiger partial charge is 0.416 e. The molecule has 0 saturated heterocycles. The molecule has 0 aliphatic carbocycles. The molecule has 4 nitrogen and oxygen atoms in total. The molecular formula is C17H13F3N2O2. The SMILES string of the molecule is OC(Cc1nnco1)c1cccc(-c2ccc(C(F)(F)F)cc2)c1. The number of nitrogens with zero attached hydrogens (tertiary/aromatic N) is 2. The molecule has 1 heterocycles. The van der Waals surface area contributed by atoms with E-state index in [9.17, 15) is 18.3 Å². The highest BCUT2D eigenvalue weighted by Crippen LogP contribution is 2.31. The lowest BCUT2D eigenvalue weighted by Gasteiger charge is -2.11. The van der Waals surface area contributed by atoms with Gasteiger partial charge >= 0.3 is 6.18 Å². The van der Waals surface area contributed by atoms with Crippen LogP contribution >= 0.6 is 0 Å². The predicted molar refractivity (Wildman–Crippen MR) is 79.8 cm³/mol. The average Bonchev–Trinajstić information content (AvgIpc) is 3.07. The van der Waals surface area contributed by atoms with Gasteiger partial charge in [0.2, 0.25) is 12.3 Å². The fourth-order valence-electron chi connectivity index (χ4n) is 2.35. The van der Waals surface area contributed by atoms with E-state index in [2.05, 4.69) is 10.2 Å². The lowest BCUT2D eigenvalue weighted by Crippen LogP contribution is -2.04. The monoisotopic (exact) mass is 334 g/mol. The minimum Gasteiger partial charge on any atom is -0.428 e. The summed E-state index contributed by atoms with van der Waals surface area (Å²) in [5.41, 5.74) is 1.27. The third-order valence-electron chi connectivity index (χ3n) is 3.59. The van der Waals surface area contributed by atoms with Crippen LogP contribution in [0.25, 0.3) is 11.1 Å². The molecule has 1 aromatic heterocycles. The maximum Gasteiger partial charge on any atom is 0.416 e. The molecule has 0 saturated carbocycles. The van der Waals surface area contributed by atoms with E-state index >= 15 is 0 Å². The van der Waals surface area contributed by atoms with E-state index in [1.807, 2.05) is 0 Å². The molecule has 0 bridgehead atoms. The second kappa shape index (κ2) is 6.45. The summed E-state index contributed by atoms with van der Waals surface area (Å²) >= 11 is 0. The molecule has 1 N–H and O–H groups in total. The van der Waals surface area contributed by atoms with E-state index in [0.717, 1.165) is 12.1 Å². The summed E-state index contributed by atoms with van der Waals surface area (Å²) in [6.45, 7) is 0. The van der Waals surface area contributed by atoms with Crippen molar-refractivity contribution in [1.29, 1.82) is 0 Å². The normalized spacial score (nSPS) is 13.0. The van der Waals surface area contributed by atoms with Crippen LogP contribution < -0.4 is 0 Å². The predicted octanol–water partition coefficient (Wildman–Crippen LogP) is 4.03. The Bertz CT molecular complexity index is 799. The van der Waals surface area contributed by atoms with Crippen LogP contribution in [0.2, 0.25) is 0 Å². The van der Waals surface area contributed by atoms with Crippen LogP contribution in [-0.4, -0.2) is 15.3 Å². The van der Waals surface area contributed by atoms with Gasteiger partial charge in [-0.15, -0.1) is 10.2 Å². The molecule has 0 fully saturated rings. The zero-order chi connectivity index (χ0) is 17.2. The van der Waals surface area contributed by atoms with Crippen LogP contribution in [0.1, 0.15) is 23.1 Å². The van der Waals surface area contributed by atoms with Gasteiger partial charge in [0.1, 0.15) is 0 Å². The average molecular weight is 334 g/mol. The Morgan fingerprint density at radius 3 is 2.42 bits per heavy atom. The van der Waals surface area contributed by atoms with Gasteiger partial charge in [-0.1, -0.05) is 30.3 Å². The van der Waals surface area contributed by atoms with Gasteiger partial charge in [-0.25, -0.2) is 0 Å². The van der Waals surface area contributed by atoms with Gasteiger partial charge in [0.15, 0.2) is 0 Å². The van der Waals surface area contributed by atoms with Crippen molar-refractivity contribution in [3.8, 4) is 11.1 Å². The van der Waals surface area contributed by atoms with Crippen molar-refractivity contribution in [1.82, 2.24) is 10.2 Å². The van der Waals surface area contributed by atoms with Crippen molar-refractivity contribution in [2.24, 2.45) is 0 Å². The Morgan fingerprint density at radius 1 is 1.04 bits per heavy atom. The van der Waals surface area contributed by atoms with E-state index in [0.29, 0.717) is 22.6 Å². The Hall–Kier alpha value is -2.67. The first-order valence-electron chi connectivity index (χ1n) is 7.14. The molecule has 0 amide bonds. The number of halogens is 3. The number of benzene rings is 2. The molecule has 3 rings (SSSR count). The second-order valence-corrected chi connectivity index (χ2v) is 5.25. The van der Waals surface area contributed by atoms with Crippen LogP contribution in [0.4, 0.5) is 13.2 Å². The molecule has 7 heteroatoms. The quantitative estimate of drug-likeness (QED) is 0.782. The minimum absolute atomic E-state index is 0.163. The highest BCUT2D eigenvalue weighted by Gasteiger charge is 2.29. The van der Waals surface area contributed by atoms with Gasteiger partial charge in [-0.2, -0.15) is 13.2 Å². The van der Waals surface area contributed by atoms with E-state index in [-0.39, 0.29) is 6.42 Å². The second-order valence-electron chi connectivity index (χ2n) is 5.25. The summed E-state index contributed by atoms with van der Waals surface area (Å²) in [5, 5.41) is 17.5. The van der Waals surface area contributed by atoms with Crippen LogP contribution in [-0.2, 0) is 12.6 Å². The van der Waals surface area contributed by atoms with Gasteiger partial charge in [0, 0.05) is 0 Å². The molecule has 0 aliphatic heterocycles. The first-order chi connectivity index (χ1) is 11.4. The summed E-state index contributed by atoms with van der Waals surface area (Å²) in [6, 6.07) is 11.9. The van der Waals surface area contributed by atoms with Gasteiger partial charge in [0.25, 0.3) is 0 Å². The summed E-state index contributed by atoms with van der Waals surface area (Å²) in [7, 11) is 0. The number of aromatic nitrogens is 2. The third-order valence-corrected chi connectivity index (χ3v) is 3.59. The number of hydrogen-bond donors (Lipinski definition) is 1. The highest BCUT2D eigenvalue weighted by atomic mass is 19.4. The maximum atomic E-state index is 12.6. The van der Waals surface area contributed by atoms with E-state index in [4.69, 9.17) is 4.42 Å². The molecule has 124 valence electrons. The van der Waals surface area contributed by atoms with Gasteiger partial charge < -0.3 is 9.52 Å². The number of aliphatic hydroxyl groups is 1. The molecule has 0 aliphatic rings. The first-order valence-corrected chi connectivity index (χ1v) is 7.14. The lowest BCUT2D eigenvalue weighted by atomic mass is 9.98.